The number of hydrogen-bond donors (Lipinski definition) is 1. The van der Waals surface area contributed by atoms with Crippen LogP contribution < -0.4 is 10.1 Å². The molecule has 2 fully saturated rings. The minimum atomic E-state index is -0.519. The van der Waals surface area contributed by atoms with Gasteiger partial charge in [-0.25, -0.2) is 0 Å². The summed E-state index contributed by atoms with van der Waals surface area (Å²) in [6, 6.07) is 13.3. The summed E-state index contributed by atoms with van der Waals surface area (Å²) in [6.45, 7) is 3.01. The molecule has 1 heterocycles. The fourth-order valence-electron chi connectivity index (χ4n) is 3.03. The number of anilines is 1. The molecular formula is C20H21N3O4. The van der Waals surface area contributed by atoms with Crippen LogP contribution in [0.25, 0.3) is 0 Å². The van der Waals surface area contributed by atoms with Crippen LogP contribution in [-0.4, -0.2) is 41.5 Å². The van der Waals surface area contributed by atoms with Gasteiger partial charge in [0.1, 0.15) is 12.4 Å². The van der Waals surface area contributed by atoms with Crippen LogP contribution in [0.5, 0.6) is 5.75 Å². The lowest BCUT2D eigenvalue weighted by Crippen LogP contribution is -2.13. The zero-order valence-electron chi connectivity index (χ0n) is 14.8. The highest BCUT2D eigenvalue weighted by Gasteiger charge is 2.38. The van der Waals surface area contributed by atoms with E-state index in [0.717, 1.165) is 18.2 Å². The molecule has 2 aromatic carbocycles. The van der Waals surface area contributed by atoms with Crippen LogP contribution in [0.2, 0.25) is 0 Å². The monoisotopic (exact) mass is 367 g/mol. The minimum absolute atomic E-state index is 0.109. The average Bonchev–Trinajstić information content (AvgIpc) is 3.60. The van der Waals surface area contributed by atoms with Gasteiger partial charge in [-0.3, -0.25) is 19.8 Å². The van der Waals surface area contributed by atoms with Gasteiger partial charge in [-0.2, -0.15) is 0 Å². The minimum Gasteiger partial charge on any atom is -0.492 e. The van der Waals surface area contributed by atoms with E-state index in [1.165, 1.54) is 37.6 Å². The Morgan fingerprint density at radius 3 is 2.70 bits per heavy atom. The van der Waals surface area contributed by atoms with Gasteiger partial charge in [0.25, 0.3) is 11.6 Å². The molecule has 2 aromatic rings. The topological polar surface area (TPSA) is 84.5 Å². The van der Waals surface area contributed by atoms with Gasteiger partial charge in [0, 0.05) is 36.5 Å². The van der Waals surface area contributed by atoms with Crippen molar-refractivity contribution >= 4 is 17.3 Å². The number of nitro benzene ring substituents is 1. The zero-order valence-corrected chi connectivity index (χ0v) is 14.8. The van der Waals surface area contributed by atoms with E-state index >= 15 is 0 Å². The highest BCUT2D eigenvalue weighted by molar-refractivity contribution is 6.04. The quantitative estimate of drug-likeness (QED) is 0.439. The van der Waals surface area contributed by atoms with Crippen molar-refractivity contribution in [2.45, 2.75) is 18.9 Å². The third kappa shape index (κ3) is 4.62. The summed E-state index contributed by atoms with van der Waals surface area (Å²) in [5, 5.41) is 13.6. The van der Waals surface area contributed by atoms with Gasteiger partial charge in [0.05, 0.1) is 11.0 Å². The standard InChI is InChI=1S/C20H21N3O4/c24-20(15-2-1-3-17(10-15)23(25)26)21-16-6-8-19(9-7-16)27-13-18-12-22(18)11-14-4-5-14/h1-3,6-10,14,18H,4-5,11-13H2,(H,21,24). The van der Waals surface area contributed by atoms with Crippen molar-refractivity contribution in [3.8, 4) is 5.75 Å². The SMILES string of the molecule is O=C(Nc1ccc(OCC2CN2CC2CC2)cc1)c1cccc([N+](=O)[O-])c1. The number of non-ortho nitro benzene ring substituents is 1. The van der Waals surface area contributed by atoms with Gasteiger partial charge in [0.15, 0.2) is 0 Å². The molecule has 0 spiro atoms. The second kappa shape index (κ2) is 7.36. The molecule has 1 N–H and O–H groups in total. The lowest BCUT2D eigenvalue weighted by molar-refractivity contribution is -0.384. The van der Waals surface area contributed by atoms with Crippen LogP contribution in [-0.2, 0) is 0 Å². The fraction of sp³-hybridized carbons (Fsp3) is 0.350. The summed E-state index contributed by atoms with van der Waals surface area (Å²) >= 11 is 0. The first-order valence-corrected chi connectivity index (χ1v) is 9.11. The highest BCUT2D eigenvalue weighted by atomic mass is 16.6. The molecule has 1 aliphatic carbocycles. The third-order valence-corrected chi connectivity index (χ3v) is 4.89. The van der Waals surface area contributed by atoms with Gasteiger partial charge in [-0.05, 0) is 49.1 Å². The van der Waals surface area contributed by atoms with E-state index in [-0.39, 0.29) is 17.2 Å². The molecule has 2 atom stereocenters. The van der Waals surface area contributed by atoms with E-state index < -0.39 is 4.92 Å². The summed E-state index contributed by atoms with van der Waals surface area (Å²) < 4.78 is 5.82. The molecule has 4 rings (SSSR count). The van der Waals surface area contributed by atoms with E-state index in [0.29, 0.717) is 18.3 Å². The summed E-state index contributed by atoms with van der Waals surface area (Å²) in [5.74, 6) is 1.28. The second-order valence-electron chi connectivity index (χ2n) is 7.15. The number of amides is 1. The van der Waals surface area contributed by atoms with Crippen LogP contribution in [0.4, 0.5) is 11.4 Å². The first kappa shape index (κ1) is 17.5. The number of rotatable bonds is 8. The number of ether oxygens (including phenoxy) is 1. The van der Waals surface area contributed by atoms with E-state index in [9.17, 15) is 14.9 Å². The molecule has 2 aliphatic rings. The number of hydrogen-bond acceptors (Lipinski definition) is 5. The van der Waals surface area contributed by atoms with E-state index in [1.54, 1.807) is 18.2 Å². The summed E-state index contributed by atoms with van der Waals surface area (Å²) in [4.78, 5) is 25.0. The molecule has 1 saturated heterocycles. The molecule has 1 amide bonds. The molecule has 1 saturated carbocycles. The van der Waals surface area contributed by atoms with Gasteiger partial charge in [-0.1, -0.05) is 6.07 Å². The first-order chi connectivity index (χ1) is 13.1. The van der Waals surface area contributed by atoms with Crippen molar-refractivity contribution in [2.75, 3.05) is 25.0 Å². The smallest absolute Gasteiger partial charge is 0.270 e. The second-order valence-corrected chi connectivity index (χ2v) is 7.15. The normalized spacial score (nSPS) is 20.7. The molecule has 0 bridgehead atoms. The molecule has 0 aromatic heterocycles. The highest BCUT2D eigenvalue weighted by Crippen LogP contribution is 2.33. The molecule has 140 valence electrons. The predicted octanol–water partition coefficient (Wildman–Crippen LogP) is 3.32. The van der Waals surface area contributed by atoms with Gasteiger partial charge in [-0.15, -0.1) is 0 Å². The summed E-state index contributed by atoms with van der Waals surface area (Å²) in [7, 11) is 0. The summed E-state index contributed by atoms with van der Waals surface area (Å²) in [6.07, 6.45) is 2.74. The lowest BCUT2D eigenvalue weighted by atomic mass is 10.2. The summed E-state index contributed by atoms with van der Waals surface area (Å²) in [5.41, 5.74) is 0.747. The number of nitrogens with zero attached hydrogens (tertiary/aromatic N) is 2. The van der Waals surface area contributed by atoms with Crippen LogP contribution >= 0.6 is 0 Å². The van der Waals surface area contributed by atoms with E-state index in [2.05, 4.69) is 10.2 Å². The number of benzene rings is 2. The Labute approximate surface area is 157 Å². The number of carbonyl (C=O) groups excluding carboxylic acids is 1. The lowest BCUT2D eigenvalue weighted by Gasteiger charge is -2.09. The van der Waals surface area contributed by atoms with Crippen molar-refractivity contribution in [3.63, 3.8) is 0 Å². The van der Waals surface area contributed by atoms with Crippen LogP contribution in [0, 0.1) is 16.0 Å². The fourth-order valence-corrected chi connectivity index (χ4v) is 3.03. The Hall–Kier alpha value is -2.93. The van der Waals surface area contributed by atoms with Crippen LogP contribution in [0.3, 0.4) is 0 Å². The number of carbonyl (C=O) groups is 1. The Morgan fingerprint density at radius 2 is 2.00 bits per heavy atom. The van der Waals surface area contributed by atoms with Crippen molar-refractivity contribution in [1.82, 2.24) is 4.90 Å². The Balaban J connectivity index is 1.28. The van der Waals surface area contributed by atoms with Gasteiger partial charge < -0.3 is 10.1 Å². The van der Waals surface area contributed by atoms with Crippen LogP contribution in [0.1, 0.15) is 23.2 Å². The van der Waals surface area contributed by atoms with Crippen LogP contribution in [0.15, 0.2) is 48.5 Å². The molecule has 1 aliphatic heterocycles. The molecule has 7 heteroatoms. The molecular weight excluding hydrogens is 346 g/mol. The molecule has 7 nitrogen and oxygen atoms in total. The maximum atomic E-state index is 12.3. The van der Waals surface area contributed by atoms with Crippen molar-refractivity contribution < 1.29 is 14.5 Å². The maximum absolute atomic E-state index is 12.3. The van der Waals surface area contributed by atoms with Crippen molar-refractivity contribution in [1.29, 1.82) is 0 Å². The van der Waals surface area contributed by atoms with Crippen molar-refractivity contribution in [2.24, 2.45) is 5.92 Å². The molecule has 2 unspecified atom stereocenters. The predicted molar refractivity (Wildman–Crippen MR) is 101 cm³/mol. The number of nitro groups is 1. The Bertz CT molecular complexity index is 849. The van der Waals surface area contributed by atoms with E-state index in [4.69, 9.17) is 4.74 Å². The molecule has 0 radical (unpaired) electrons. The number of nitrogens with one attached hydrogen (secondary N) is 1. The maximum Gasteiger partial charge on any atom is 0.270 e. The zero-order chi connectivity index (χ0) is 18.8. The van der Waals surface area contributed by atoms with Gasteiger partial charge >= 0.3 is 0 Å². The first-order valence-electron chi connectivity index (χ1n) is 9.11. The Kier molecular flexibility index (Phi) is 4.77. The van der Waals surface area contributed by atoms with Crippen molar-refractivity contribution in [3.05, 3.63) is 64.2 Å². The van der Waals surface area contributed by atoms with Gasteiger partial charge in [0.2, 0.25) is 0 Å². The third-order valence-electron chi connectivity index (χ3n) is 4.89. The largest absolute Gasteiger partial charge is 0.492 e. The average molecular weight is 367 g/mol. The molecule has 27 heavy (non-hydrogen) atoms. The Morgan fingerprint density at radius 1 is 1.22 bits per heavy atom. The van der Waals surface area contributed by atoms with E-state index in [1.807, 2.05) is 12.1 Å².